The molecule has 0 fully saturated rings. The first-order valence-corrected chi connectivity index (χ1v) is 3.63. The molecule has 0 aromatic carbocycles. The van der Waals surface area contributed by atoms with E-state index in [2.05, 4.69) is 33.1 Å². The SMILES string of the molecule is C=C/C=C\CC(=C)C(C)C. The highest BCUT2D eigenvalue weighted by Gasteiger charge is 1.95. The summed E-state index contributed by atoms with van der Waals surface area (Å²) in [5, 5.41) is 0. The van der Waals surface area contributed by atoms with Crippen molar-refractivity contribution in [2.45, 2.75) is 20.3 Å². The third kappa shape index (κ3) is 4.13. The average Bonchev–Trinajstić information content (AvgIpc) is 1.88. The molecule has 0 unspecified atom stereocenters. The van der Waals surface area contributed by atoms with Crippen molar-refractivity contribution in [3.63, 3.8) is 0 Å². The molecule has 10 heavy (non-hydrogen) atoms. The summed E-state index contributed by atoms with van der Waals surface area (Å²) in [5.74, 6) is 0.592. The monoisotopic (exact) mass is 136 g/mol. The van der Waals surface area contributed by atoms with E-state index in [4.69, 9.17) is 0 Å². The number of hydrogen-bond acceptors (Lipinski definition) is 0. The fraction of sp³-hybridized carbons (Fsp3) is 0.400. The summed E-state index contributed by atoms with van der Waals surface area (Å²) < 4.78 is 0. The third-order valence-corrected chi connectivity index (χ3v) is 1.47. The lowest BCUT2D eigenvalue weighted by atomic mass is 10.0. The quantitative estimate of drug-likeness (QED) is 0.411. The highest BCUT2D eigenvalue weighted by Crippen LogP contribution is 2.10. The molecule has 0 heterocycles. The third-order valence-electron chi connectivity index (χ3n) is 1.47. The second-order valence-electron chi connectivity index (χ2n) is 2.68. The first-order valence-electron chi connectivity index (χ1n) is 3.63. The van der Waals surface area contributed by atoms with Gasteiger partial charge in [0.25, 0.3) is 0 Å². The molecule has 0 bridgehead atoms. The Kier molecular flexibility index (Phi) is 4.65. The van der Waals surface area contributed by atoms with Crippen LogP contribution in [0.4, 0.5) is 0 Å². The summed E-state index contributed by atoms with van der Waals surface area (Å²) in [6.07, 6.45) is 6.79. The van der Waals surface area contributed by atoms with Crippen molar-refractivity contribution in [2.75, 3.05) is 0 Å². The first-order chi connectivity index (χ1) is 4.68. The smallest absolute Gasteiger partial charge is 0.0136 e. The van der Waals surface area contributed by atoms with Gasteiger partial charge in [0.1, 0.15) is 0 Å². The lowest BCUT2D eigenvalue weighted by molar-refractivity contribution is 0.751. The molecular weight excluding hydrogens is 120 g/mol. The van der Waals surface area contributed by atoms with Crippen LogP contribution in [0.2, 0.25) is 0 Å². The zero-order chi connectivity index (χ0) is 7.98. The largest absolute Gasteiger partial charge is 0.0993 e. The van der Waals surface area contributed by atoms with Gasteiger partial charge in [0.15, 0.2) is 0 Å². The van der Waals surface area contributed by atoms with Gasteiger partial charge < -0.3 is 0 Å². The normalized spacial score (nSPS) is 10.7. The van der Waals surface area contributed by atoms with Crippen LogP contribution in [0.3, 0.4) is 0 Å². The molecule has 0 aliphatic carbocycles. The Labute approximate surface area is 64.0 Å². The van der Waals surface area contributed by atoms with Crippen molar-refractivity contribution in [3.8, 4) is 0 Å². The Morgan fingerprint density at radius 1 is 1.50 bits per heavy atom. The van der Waals surface area contributed by atoms with Crippen LogP contribution in [-0.4, -0.2) is 0 Å². The molecule has 0 radical (unpaired) electrons. The molecule has 0 aromatic heterocycles. The molecule has 0 aliphatic rings. The van der Waals surface area contributed by atoms with E-state index in [1.165, 1.54) is 5.57 Å². The summed E-state index contributed by atoms with van der Waals surface area (Å²) in [7, 11) is 0. The molecule has 56 valence electrons. The summed E-state index contributed by atoms with van der Waals surface area (Å²) in [4.78, 5) is 0. The van der Waals surface area contributed by atoms with E-state index in [1.54, 1.807) is 6.08 Å². The van der Waals surface area contributed by atoms with Gasteiger partial charge in [0.05, 0.1) is 0 Å². The Bertz CT molecular complexity index is 138. The molecule has 0 spiro atoms. The van der Waals surface area contributed by atoms with Gasteiger partial charge in [-0.1, -0.05) is 50.8 Å². The number of allylic oxidation sites excluding steroid dienone is 4. The maximum atomic E-state index is 3.94. The van der Waals surface area contributed by atoms with Gasteiger partial charge in [-0.3, -0.25) is 0 Å². The average molecular weight is 136 g/mol. The Hall–Kier alpha value is -0.780. The minimum Gasteiger partial charge on any atom is -0.0993 e. The molecule has 0 aliphatic heterocycles. The number of hydrogen-bond donors (Lipinski definition) is 0. The molecule has 0 amide bonds. The fourth-order valence-electron chi connectivity index (χ4n) is 0.551. The minimum atomic E-state index is 0.592. The van der Waals surface area contributed by atoms with E-state index in [0.29, 0.717) is 5.92 Å². The topological polar surface area (TPSA) is 0 Å². The molecule has 0 heteroatoms. The zero-order valence-corrected chi connectivity index (χ0v) is 6.93. The van der Waals surface area contributed by atoms with E-state index < -0.39 is 0 Å². The van der Waals surface area contributed by atoms with Crippen molar-refractivity contribution < 1.29 is 0 Å². The maximum absolute atomic E-state index is 3.94. The summed E-state index contributed by atoms with van der Waals surface area (Å²) in [6.45, 7) is 11.8. The first kappa shape index (κ1) is 9.22. The van der Waals surface area contributed by atoms with Crippen molar-refractivity contribution >= 4 is 0 Å². The van der Waals surface area contributed by atoms with Gasteiger partial charge in [-0.25, -0.2) is 0 Å². The van der Waals surface area contributed by atoms with Gasteiger partial charge in [0.2, 0.25) is 0 Å². The predicted octanol–water partition coefficient (Wildman–Crippen LogP) is 3.33. The van der Waals surface area contributed by atoms with Gasteiger partial charge in [0, 0.05) is 0 Å². The van der Waals surface area contributed by atoms with Crippen molar-refractivity contribution in [1.29, 1.82) is 0 Å². The van der Waals surface area contributed by atoms with E-state index in [9.17, 15) is 0 Å². The van der Waals surface area contributed by atoms with Crippen LogP contribution in [0.15, 0.2) is 37.0 Å². The highest BCUT2D eigenvalue weighted by molar-refractivity contribution is 5.07. The molecule has 0 saturated carbocycles. The van der Waals surface area contributed by atoms with Crippen molar-refractivity contribution in [2.24, 2.45) is 5.92 Å². The van der Waals surface area contributed by atoms with Crippen LogP contribution in [0.25, 0.3) is 0 Å². The Morgan fingerprint density at radius 3 is 2.50 bits per heavy atom. The van der Waals surface area contributed by atoms with Crippen LogP contribution >= 0.6 is 0 Å². The summed E-state index contributed by atoms with van der Waals surface area (Å²) in [6, 6.07) is 0. The standard InChI is InChI=1S/C10H16/c1-5-6-7-8-10(4)9(2)3/h5-7,9H,1,4,8H2,2-3H3/b7-6-. The molecule has 0 atom stereocenters. The van der Waals surface area contributed by atoms with E-state index in [0.717, 1.165) is 6.42 Å². The fourth-order valence-corrected chi connectivity index (χ4v) is 0.551. The van der Waals surface area contributed by atoms with E-state index in [1.807, 2.05) is 6.08 Å². The molecule has 0 aromatic rings. The highest BCUT2D eigenvalue weighted by atomic mass is 14.0. The van der Waals surface area contributed by atoms with Gasteiger partial charge in [-0.2, -0.15) is 0 Å². The van der Waals surface area contributed by atoms with Crippen LogP contribution in [0.1, 0.15) is 20.3 Å². The lowest BCUT2D eigenvalue weighted by Gasteiger charge is -2.04. The van der Waals surface area contributed by atoms with Gasteiger partial charge in [-0.05, 0) is 12.3 Å². The lowest BCUT2D eigenvalue weighted by Crippen LogP contribution is -1.89. The predicted molar refractivity (Wildman–Crippen MR) is 47.9 cm³/mol. The summed E-state index contributed by atoms with van der Waals surface area (Å²) >= 11 is 0. The minimum absolute atomic E-state index is 0.592. The Morgan fingerprint density at radius 2 is 2.10 bits per heavy atom. The molecule has 0 saturated heterocycles. The van der Waals surface area contributed by atoms with E-state index in [-0.39, 0.29) is 0 Å². The zero-order valence-electron chi connectivity index (χ0n) is 6.93. The van der Waals surface area contributed by atoms with Crippen LogP contribution < -0.4 is 0 Å². The Balaban J connectivity index is 3.59. The second kappa shape index (κ2) is 5.04. The molecule has 0 N–H and O–H groups in total. The van der Waals surface area contributed by atoms with Gasteiger partial charge in [-0.15, -0.1) is 0 Å². The van der Waals surface area contributed by atoms with Crippen molar-refractivity contribution in [3.05, 3.63) is 37.0 Å². The van der Waals surface area contributed by atoms with Crippen LogP contribution in [0.5, 0.6) is 0 Å². The summed E-state index contributed by atoms with van der Waals surface area (Å²) in [5.41, 5.74) is 1.28. The second-order valence-corrected chi connectivity index (χ2v) is 2.68. The molecule has 0 rings (SSSR count). The van der Waals surface area contributed by atoms with Crippen molar-refractivity contribution in [1.82, 2.24) is 0 Å². The number of rotatable bonds is 4. The van der Waals surface area contributed by atoms with Gasteiger partial charge >= 0.3 is 0 Å². The van der Waals surface area contributed by atoms with E-state index >= 15 is 0 Å². The maximum Gasteiger partial charge on any atom is -0.0136 e. The molecule has 0 nitrogen and oxygen atoms in total. The van der Waals surface area contributed by atoms with Crippen LogP contribution in [0, 0.1) is 5.92 Å². The van der Waals surface area contributed by atoms with Crippen LogP contribution in [-0.2, 0) is 0 Å². The molecular formula is C10H16.